The Morgan fingerprint density at radius 3 is 2.46 bits per heavy atom. The molecule has 0 bridgehead atoms. The molecule has 0 saturated carbocycles. The van der Waals surface area contributed by atoms with Gasteiger partial charge in [0.1, 0.15) is 0 Å². The Balaban J connectivity index is 1.43. The SMILES string of the molecule is Cc1cc(C)c(NC(=O)C2CN(c3nc4ccc(C)cc4s3)C2)c(C)c1. The van der Waals surface area contributed by atoms with E-state index in [0.717, 1.165) is 40.6 Å². The highest BCUT2D eigenvalue weighted by Gasteiger charge is 2.34. The topological polar surface area (TPSA) is 45.2 Å². The molecule has 134 valence electrons. The molecule has 1 aromatic heterocycles. The first-order valence-corrected chi connectivity index (χ1v) is 9.73. The molecular formula is C21H23N3OS. The maximum atomic E-state index is 12.6. The standard InChI is InChI=1S/C21H23N3OS/c1-12-5-6-17-18(9-12)26-21(22-17)24-10-16(11-24)20(25)23-19-14(3)7-13(2)8-15(19)4/h5-9,16H,10-11H2,1-4H3,(H,23,25). The molecule has 1 fully saturated rings. The van der Waals surface area contributed by atoms with Crippen LogP contribution in [0.3, 0.4) is 0 Å². The van der Waals surface area contributed by atoms with E-state index in [1.807, 2.05) is 13.8 Å². The van der Waals surface area contributed by atoms with Crippen molar-refractivity contribution >= 4 is 38.3 Å². The third kappa shape index (κ3) is 3.07. The molecule has 2 heterocycles. The normalized spacial score (nSPS) is 14.5. The van der Waals surface area contributed by atoms with Crippen molar-refractivity contribution in [2.24, 2.45) is 5.92 Å². The summed E-state index contributed by atoms with van der Waals surface area (Å²) in [6.45, 7) is 9.73. The second-order valence-electron chi connectivity index (χ2n) is 7.33. The lowest BCUT2D eigenvalue weighted by Crippen LogP contribution is -2.52. The molecule has 2 aromatic carbocycles. The van der Waals surface area contributed by atoms with Gasteiger partial charge in [0.05, 0.1) is 16.1 Å². The number of fused-ring (bicyclic) bond motifs is 1. The number of hydrogen-bond acceptors (Lipinski definition) is 4. The maximum absolute atomic E-state index is 12.6. The van der Waals surface area contributed by atoms with Gasteiger partial charge in [-0.25, -0.2) is 4.98 Å². The van der Waals surface area contributed by atoms with Crippen molar-refractivity contribution in [1.29, 1.82) is 0 Å². The van der Waals surface area contributed by atoms with Gasteiger partial charge in [-0.2, -0.15) is 0 Å². The molecule has 1 saturated heterocycles. The molecule has 0 radical (unpaired) electrons. The van der Waals surface area contributed by atoms with E-state index >= 15 is 0 Å². The zero-order valence-electron chi connectivity index (χ0n) is 15.6. The summed E-state index contributed by atoms with van der Waals surface area (Å²) in [6, 6.07) is 10.5. The highest BCUT2D eigenvalue weighted by Crippen LogP contribution is 2.34. The fourth-order valence-corrected chi connectivity index (χ4v) is 4.64. The molecule has 0 atom stereocenters. The molecule has 4 rings (SSSR count). The Labute approximate surface area is 157 Å². The Bertz CT molecular complexity index is 979. The molecule has 0 unspecified atom stereocenters. The number of rotatable bonds is 3. The molecular weight excluding hydrogens is 342 g/mol. The summed E-state index contributed by atoms with van der Waals surface area (Å²) in [5.74, 6) is 0.122. The van der Waals surface area contributed by atoms with E-state index in [1.54, 1.807) is 11.3 Å². The van der Waals surface area contributed by atoms with Gasteiger partial charge in [0.25, 0.3) is 0 Å². The Hall–Kier alpha value is -2.40. The fourth-order valence-electron chi connectivity index (χ4n) is 3.56. The number of nitrogens with zero attached hydrogens (tertiary/aromatic N) is 2. The second-order valence-corrected chi connectivity index (χ2v) is 8.34. The first kappa shape index (κ1) is 17.0. The van der Waals surface area contributed by atoms with Crippen LogP contribution in [0, 0.1) is 33.6 Å². The molecule has 1 aliphatic heterocycles. The van der Waals surface area contributed by atoms with Gasteiger partial charge in [-0.3, -0.25) is 4.79 Å². The first-order chi connectivity index (χ1) is 12.4. The average Bonchev–Trinajstić information content (AvgIpc) is 2.91. The zero-order valence-corrected chi connectivity index (χ0v) is 16.4. The van der Waals surface area contributed by atoms with Crippen molar-refractivity contribution in [1.82, 2.24) is 4.98 Å². The Kier molecular flexibility index (Phi) is 4.19. The van der Waals surface area contributed by atoms with E-state index in [0.29, 0.717) is 0 Å². The predicted molar refractivity (Wildman–Crippen MR) is 109 cm³/mol. The van der Waals surface area contributed by atoms with Gasteiger partial charge in [-0.15, -0.1) is 0 Å². The van der Waals surface area contributed by atoms with E-state index in [9.17, 15) is 4.79 Å². The van der Waals surface area contributed by atoms with Crippen LogP contribution < -0.4 is 10.2 Å². The summed E-state index contributed by atoms with van der Waals surface area (Å²) in [5, 5.41) is 4.14. The van der Waals surface area contributed by atoms with Crippen molar-refractivity contribution in [2.45, 2.75) is 27.7 Å². The van der Waals surface area contributed by atoms with Crippen LogP contribution in [-0.2, 0) is 4.79 Å². The molecule has 26 heavy (non-hydrogen) atoms. The van der Waals surface area contributed by atoms with Crippen LogP contribution in [0.2, 0.25) is 0 Å². The molecule has 5 heteroatoms. The summed E-state index contributed by atoms with van der Waals surface area (Å²) in [5.41, 5.74) is 6.70. The minimum absolute atomic E-state index is 0.0175. The Morgan fingerprint density at radius 1 is 1.08 bits per heavy atom. The maximum Gasteiger partial charge on any atom is 0.231 e. The van der Waals surface area contributed by atoms with Crippen LogP contribution >= 0.6 is 11.3 Å². The van der Waals surface area contributed by atoms with Gasteiger partial charge in [-0.1, -0.05) is 35.1 Å². The van der Waals surface area contributed by atoms with Gasteiger partial charge in [0.2, 0.25) is 5.91 Å². The van der Waals surface area contributed by atoms with E-state index in [2.05, 4.69) is 54.4 Å². The number of aryl methyl sites for hydroxylation is 4. The monoisotopic (exact) mass is 365 g/mol. The number of aromatic nitrogens is 1. The van der Waals surface area contributed by atoms with E-state index in [1.165, 1.54) is 15.8 Å². The number of nitrogens with one attached hydrogen (secondary N) is 1. The second kappa shape index (κ2) is 6.40. The largest absolute Gasteiger partial charge is 0.346 e. The van der Waals surface area contributed by atoms with E-state index in [-0.39, 0.29) is 11.8 Å². The van der Waals surface area contributed by atoms with Gasteiger partial charge >= 0.3 is 0 Å². The summed E-state index contributed by atoms with van der Waals surface area (Å²) in [7, 11) is 0. The van der Waals surface area contributed by atoms with Crippen LogP contribution in [0.25, 0.3) is 10.2 Å². The molecule has 0 aliphatic carbocycles. The van der Waals surface area contributed by atoms with Gasteiger partial charge < -0.3 is 10.2 Å². The summed E-state index contributed by atoms with van der Waals surface area (Å²) in [6.07, 6.45) is 0. The smallest absolute Gasteiger partial charge is 0.231 e. The Morgan fingerprint density at radius 2 is 1.77 bits per heavy atom. The minimum atomic E-state index is 0.0175. The van der Waals surface area contributed by atoms with Crippen LogP contribution in [0.1, 0.15) is 22.3 Å². The summed E-state index contributed by atoms with van der Waals surface area (Å²) in [4.78, 5) is 19.5. The lowest BCUT2D eigenvalue weighted by molar-refractivity contribution is -0.120. The van der Waals surface area contributed by atoms with Crippen LogP contribution in [-0.4, -0.2) is 24.0 Å². The molecule has 0 spiro atoms. The van der Waals surface area contributed by atoms with Crippen molar-refractivity contribution in [3.05, 3.63) is 52.6 Å². The van der Waals surface area contributed by atoms with Crippen molar-refractivity contribution in [2.75, 3.05) is 23.3 Å². The number of amides is 1. The predicted octanol–water partition coefficient (Wildman–Crippen LogP) is 4.60. The molecule has 1 aliphatic rings. The van der Waals surface area contributed by atoms with Crippen LogP contribution in [0.5, 0.6) is 0 Å². The number of thiazole rings is 1. The molecule has 1 amide bonds. The molecule has 3 aromatic rings. The van der Waals surface area contributed by atoms with Gasteiger partial charge in [0, 0.05) is 18.8 Å². The zero-order chi connectivity index (χ0) is 18.4. The van der Waals surface area contributed by atoms with Gasteiger partial charge in [0.15, 0.2) is 5.13 Å². The minimum Gasteiger partial charge on any atom is -0.346 e. The molecule has 1 N–H and O–H groups in total. The fraction of sp³-hybridized carbons (Fsp3) is 0.333. The highest BCUT2D eigenvalue weighted by atomic mass is 32.1. The quantitative estimate of drug-likeness (QED) is 0.737. The summed E-state index contributed by atoms with van der Waals surface area (Å²) < 4.78 is 1.21. The number of carbonyl (C=O) groups excluding carboxylic acids is 1. The lowest BCUT2D eigenvalue weighted by Gasteiger charge is -2.38. The molecule has 4 nitrogen and oxygen atoms in total. The van der Waals surface area contributed by atoms with Crippen LogP contribution in [0.4, 0.5) is 10.8 Å². The van der Waals surface area contributed by atoms with Gasteiger partial charge in [-0.05, 0) is 56.5 Å². The van der Waals surface area contributed by atoms with E-state index in [4.69, 9.17) is 4.98 Å². The lowest BCUT2D eigenvalue weighted by atomic mass is 9.98. The number of hydrogen-bond donors (Lipinski definition) is 1. The summed E-state index contributed by atoms with van der Waals surface area (Å²) >= 11 is 1.70. The van der Waals surface area contributed by atoms with Crippen molar-refractivity contribution < 1.29 is 4.79 Å². The van der Waals surface area contributed by atoms with E-state index < -0.39 is 0 Å². The third-order valence-corrected chi connectivity index (χ3v) is 6.06. The third-order valence-electron chi connectivity index (χ3n) is 4.98. The highest BCUT2D eigenvalue weighted by molar-refractivity contribution is 7.22. The number of anilines is 2. The number of benzene rings is 2. The first-order valence-electron chi connectivity index (χ1n) is 8.91. The average molecular weight is 366 g/mol. The number of carbonyl (C=O) groups is 1. The van der Waals surface area contributed by atoms with Crippen LogP contribution in [0.15, 0.2) is 30.3 Å². The van der Waals surface area contributed by atoms with Crippen molar-refractivity contribution in [3.8, 4) is 0 Å². The van der Waals surface area contributed by atoms with Crippen molar-refractivity contribution in [3.63, 3.8) is 0 Å².